The summed E-state index contributed by atoms with van der Waals surface area (Å²) in [6, 6.07) is 0.602. The van der Waals surface area contributed by atoms with Crippen molar-refractivity contribution in [1.29, 1.82) is 0 Å². The molecule has 2 aliphatic rings. The third-order valence-corrected chi connectivity index (χ3v) is 4.69. The average molecular weight is 278 g/mol. The molecule has 1 saturated carbocycles. The van der Waals surface area contributed by atoms with Crippen molar-refractivity contribution in [1.82, 2.24) is 20.1 Å². The maximum absolute atomic E-state index is 6.14. The highest BCUT2D eigenvalue weighted by atomic mass is 16.5. The molecule has 1 N–H and O–H groups in total. The lowest BCUT2D eigenvalue weighted by Gasteiger charge is -2.43. The monoisotopic (exact) mass is 278 g/mol. The first kappa shape index (κ1) is 14.0. The van der Waals surface area contributed by atoms with E-state index in [4.69, 9.17) is 4.74 Å². The Morgan fingerprint density at radius 2 is 2.25 bits per heavy atom. The third-order valence-electron chi connectivity index (χ3n) is 4.69. The number of hydrogen-bond donors (Lipinski definition) is 1. The molecule has 5 nitrogen and oxygen atoms in total. The van der Waals surface area contributed by atoms with Gasteiger partial charge in [0.2, 0.25) is 0 Å². The Bertz CT molecular complexity index is 420. The van der Waals surface area contributed by atoms with Gasteiger partial charge < -0.3 is 10.1 Å². The summed E-state index contributed by atoms with van der Waals surface area (Å²) in [5.74, 6) is 0.930. The third kappa shape index (κ3) is 3.38. The summed E-state index contributed by atoms with van der Waals surface area (Å²) >= 11 is 0. The van der Waals surface area contributed by atoms with Gasteiger partial charge in [-0.05, 0) is 25.7 Å². The van der Waals surface area contributed by atoms with Gasteiger partial charge in [-0.3, -0.25) is 4.68 Å². The molecule has 0 bridgehead atoms. The second-order valence-corrected chi connectivity index (χ2v) is 6.32. The Kier molecular flexibility index (Phi) is 4.36. The van der Waals surface area contributed by atoms with Crippen molar-refractivity contribution in [3.05, 3.63) is 12.2 Å². The molecule has 112 valence electrons. The fourth-order valence-electron chi connectivity index (χ4n) is 3.63. The number of nitrogens with one attached hydrogen (secondary N) is 1. The Labute approximate surface area is 121 Å². The molecule has 1 aliphatic carbocycles. The Morgan fingerprint density at radius 1 is 1.40 bits per heavy atom. The smallest absolute Gasteiger partial charge is 0.151 e. The largest absolute Gasteiger partial charge is 0.375 e. The van der Waals surface area contributed by atoms with Gasteiger partial charge in [-0.1, -0.05) is 19.3 Å². The van der Waals surface area contributed by atoms with E-state index in [0.29, 0.717) is 6.04 Å². The fraction of sp³-hybridized carbons (Fsp3) is 0.867. The molecular weight excluding hydrogens is 252 g/mol. The van der Waals surface area contributed by atoms with E-state index in [0.717, 1.165) is 31.8 Å². The molecule has 1 spiro atoms. The highest BCUT2D eigenvalue weighted by Crippen LogP contribution is 2.38. The summed E-state index contributed by atoms with van der Waals surface area (Å²) in [4.78, 5) is 4.27. The van der Waals surface area contributed by atoms with E-state index in [9.17, 15) is 0 Å². The average Bonchev–Trinajstić information content (AvgIpc) is 2.86. The molecule has 1 aromatic rings. The van der Waals surface area contributed by atoms with Gasteiger partial charge >= 0.3 is 0 Å². The number of hydrogen-bond acceptors (Lipinski definition) is 4. The summed E-state index contributed by atoms with van der Waals surface area (Å²) < 4.78 is 7.90. The summed E-state index contributed by atoms with van der Waals surface area (Å²) in [6.07, 6.45) is 11.6. The zero-order valence-corrected chi connectivity index (χ0v) is 12.5. The first-order valence-electron chi connectivity index (χ1n) is 7.98. The Morgan fingerprint density at radius 3 is 3.00 bits per heavy atom. The van der Waals surface area contributed by atoms with Gasteiger partial charge in [-0.15, -0.1) is 0 Å². The predicted octanol–water partition coefficient (Wildman–Crippen LogP) is 1.83. The molecule has 1 atom stereocenters. The van der Waals surface area contributed by atoms with Gasteiger partial charge in [0, 0.05) is 32.7 Å². The van der Waals surface area contributed by atoms with E-state index in [-0.39, 0.29) is 5.60 Å². The minimum Gasteiger partial charge on any atom is -0.375 e. The maximum Gasteiger partial charge on any atom is 0.151 e. The molecule has 0 amide bonds. The van der Waals surface area contributed by atoms with Crippen LogP contribution in [0.2, 0.25) is 0 Å². The molecular formula is C15H26N4O. The van der Waals surface area contributed by atoms with Crippen LogP contribution >= 0.6 is 0 Å². The number of ether oxygens (including phenoxy) is 1. The molecule has 1 aliphatic heterocycles. The molecule has 2 fully saturated rings. The van der Waals surface area contributed by atoms with Crippen molar-refractivity contribution >= 4 is 0 Å². The van der Waals surface area contributed by atoms with Crippen LogP contribution in [0.25, 0.3) is 0 Å². The van der Waals surface area contributed by atoms with E-state index in [1.807, 2.05) is 7.05 Å². The minimum atomic E-state index is 0.192. The first-order valence-corrected chi connectivity index (χ1v) is 7.98. The zero-order valence-electron chi connectivity index (χ0n) is 12.5. The van der Waals surface area contributed by atoms with E-state index in [1.165, 1.54) is 38.5 Å². The molecule has 5 heteroatoms. The SMILES string of the molecule is Cn1cnc(CCNC2CCOC3(CCCCC3)C2)n1. The highest BCUT2D eigenvalue weighted by molar-refractivity contribution is 4.92. The van der Waals surface area contributed by atoms with Crippen LogP contribution < -0.4 is 5.32 Å². The molecule has 2 heterocycles. The van der Waals surface area contributed by atoms with Gasteiger partial charge in [0.1, 0.15) is 6.33 Å². The van der Waals surface area contributed by atoms with E-state index in [2.05, 4.69) is 15.4 Å². The van der Waals surface area contributed by atoms with Gasteiger partial charge in [0.05, 0.1) is 5.60 Å². The van der Waals surface area contributed by atoms with Crippen LogP contribution in [0.5, 0.6) is 0 Å². The number of nitrogens with zero attached hydrogens (tertiary/aromatic N) is 3. The second kappa shape index (κ2) is 6.22. The maximum atomic E-state index is 6.14. The topological polar surface area (TPSA) is 52.0 Å². The van der Waals surface area contributed by atoms with E-state index < -0.39 is 0 Å². The van der Waals surface area contributed by atoms with Gasteiger partial charge in [0.25, 0.3) is 0 Å². The van der Waals surface area contributed by atoms with Gasteiger partial charge in [-0.25, -0.2) is 4.98 Å². The predicted molar refractivity (Wildman–Crippen MR) is 77.5 cm³/mol. The van der Waals surface area contributed by atoms with Crippen LogP contribution in [0.15, 0.2) is 6.33 Å². The normalized spacial score (nSPS) is 25.9. The molecule has 1 aromatic heterocycles. The summed E-state index contributed by atoms with van der Waals surface area (Å²) in [6.45, 7) is 1.88. The fourth-order valence-corrected chi connectivity index (χ4v) is 3.63. The van der Waals surface area contributed by atoms with Crippen molar-refractivity contribution in [3.8, 4) is 0 Å². The lowest BCUT2D eigenvalue weighted by Crippen LogP contribution is -2.48. The Hall–Kier alpha value is -0.940. The van der Waals surface area contributed by atoms with Crippen molar-refractivity contribution in [2.24, 2.45) is 7.05 Å². The van der Waals surface area contributed by atoms with Crippen molar-refractivity contribution in [2.75, 3.05) is 13.2 Å². The molecule has 3 rings (SSSR count). The lowest BCUT2D eigenvalue weighted by molar-refractivity contribution is -0.109. The van der Waals surface area contributed by atoms with Crippen LogP contribution in [0.3, 0.4) is 0 Å². The first-order chi connectivity index (χ1) is 9.76. The molecule has 0 radical (unpaired) electrons. The zero-order chi connectivity index (χ0) is 13.8. The van der Waals surface area contributed by atoms with Crippen LogP contribution in [0.1, 0.15) is 50.8 Å². The number of rotatable bonds is 4. The van der Waals surface area contributed by atoms with Crippen molar-refractivity contribution in [2.45, 2.75) is 63.0 Å². The molecule has 0 aromatic carbocycles. The van der Waals surface area contributed by atoms with E-state index in [1.54, 1.807) is 11.0 Å². The molecule has 1 unspecified atom stereocenters. The van der Waals surface area contributed by atoms with E-state index >= 15 is 0 Å². The van der Waals surface area contributed by atoms with Crippen molar-refractivity contribution in [3.63, 3.8) is 0 Å². The highest BCUT2D eigenvalue weighted by Gasteiger charge is 2.38. The van der Waals surface area contributed by atoms with Crippen LogP contribution in [0.4, 0.5) is 0 Å². The Balaban J connectivity index is 1.45. The standard InChI is InChI=1S/C15H26N4O/c1-19-12-17-14(18-19)5-9-16-13-6-10-20-15(11-13)7-3-2-4-8-15/h12-13,16H,2-11H2,1H3. The minimum absolute atomic E-state index is 0.192. The summed E-state index contributed by atoms with van der Waals surface area (Å²) in [7, 11) is 1.91. The summed E-state index contributed by atoms with van der Waals surface area (Å²) in [5.41, 5.74) is 0.192. The van der Waals surface area contributed by atoms with Crippen LogP contribution in [-0.4, -0.2) is 39.6 Å². The second-order valence-electron chi connectivity index (χ2n) is 6.32. The summed E-state index contributed by atoms with van der Waals surface area (Å²) in [5, 5.41) is 8.00. The van der Waals surface area contributed by atoms with Gasteiger partial charge in [0.15, 0.2) is 5.82 Å². The molecule has 1 saturated heterocycles. The van der Waals surface area contributed by atoms with Gasteiger partial charge in [-0.2, -0.15) is 5.10 Å². The van der Waals surface area contributed by atoms with Crippen LogP contribution in [0, 0.1) is 0 Å². The quantitative estimate of drug-likeness (QED) is 0.913. The molecule has 20 heavy (non-hydrogen) atoms. The van der Waals surface area contributed by atoms with Crippen LogP contribution in [-0.2, 0) is 18.2 Å². The number of aryl methyl sites for hydroxylation is 1. The lowest BCUT2D eigenvalue weighted by atomic mass is 9.78. The number of aromatic nitrogens is 3. The van der Waals surface area contributed by atoms with Crippen molar-refractivity contribution < 1.29 is 4.74 Å².